The Morgan fingerprint density at radius 2 is 2.05 bits per heavy atom. The fourth-order valence-electron chi connectivity index (χ4n) is 1.84. The van der Waals surface area contributed by atoms with E-state index in [1.165, 1.54) is 0 Å². The van der Waals surface area contributed by atoms with Crippen LogP contribution in [0.4, 0.5) is 10.5 Å². The lowest BCUT2D eigenvalue weighted by Gasteiger charge is -2.08. The lowest BCUT2D eigenvalue weighted by atomic mass is 10.2. The molecule has 0 aliphatic heterocycles. The standard InChI is InChI=1S/C16H23ClN2O3/c1-2-3-4-5-9-15(20)22-11-10-18-16(21)19-14-8-6-7-13(17)12-14/h6-8,12H,2-5,9-11H2,1H3,(H2,18,19,21). The fraction of sp³-hybridized carbons (Fsp3) is 0.500. The van der Waals surface area contributed by atoms with E-state index in [-0.39, 0.29) is 25.2 Å². The molecule has 0 aliphatic rings. The molecule has 122 valence electrons. The molecule has 2 amide bonds. The molecule has 0 radical (unpaired) electrons. The van der Waals surface area contributed by atoms with Crippen molar-refractivity contribution in [1.29, 1.82) is 0 Å². The van der Waals surface area contributed by atoms with Crippen molar-refractivity contribution in [2.45, 2.75) is 39.0 Å². The highest BCUT2D eigenvalue weighted by atomic mass is 35.5. The summed E-state index contributed by atoms with van der Waals surface area (Å²) < 4.78 is 5.04. The summed E-state index contributed by atoms with van der Waals surface area (Å²) in [6.45, 7) is 2.57. The van der Waals surface area contributed by atoms with Gasteiger partial charge in [-0.2, -0.15) is 0 Å². The van der Waals surface area contributed by atoms with Crippen LogP contribution in [0, 0.1) is 0 Å². The van der Waals surface area contributed by atoms with Gasteiger partial charge in [0, 0.05) is 17.1 Å². The Hall–Kier alpha value is -1.75. The van der Waals surface area contributed by atoms with Gasteiger partial charge < -0.3 is 15.4 Å². The minimum absolute atomic E-state index is 0.176. The molecule has 6 heteroatoms. The predicted molar refractivity (Wildman–Crippen MR) is 88.2 cm³/mol. The van der Waals surface area contributed by atoms with Gasteiger partial charge in [0.2, 0.25) is 0 Å². The minimum Gasteiger partial charge on any atom is -0.464 e. The minimum atomic E-state index is -0.360. The molecule has 1 rings (SSSR count). The van der Waals surface area contributed by atoms with Crippen LogP contribution in [0.15, 0.2) is 24.3 Å². The third-order valence-electron chi connectivity index (χ3n) is 2.97. The first-order valence-corrected chi connectivity index (χ1v) is 7.95. The van der Waals surface area contributed by atoms with Gasteiger partial charge in [-0.15, -0.1) is 0 Å². The average molecular weight is 327 g/mol. The number of hydrogen-bond acceptors (Lipinski definition) is 3. The molecule has 1 aromatic rings. The van der Waals surface area contributed by atoms with Gasteiger partial charge in [-0.1, -0.05) is 43.9 Å². The van der Waals surface area contributed by atoms with E-state index in [2.05, 4.69) is 17.6 Å². The Labute approximate surface area is 136 Å². The van der Waals surface area contributed by atoms with E-state index >= 15 is 0 Å². The summed E-state index contributed by atoms with van der Waals surface area (Å²) in [4.78, 5) is 23.0. The highest BCUT2D eigenvalue weighted by molar-refractivity contribution is 6.30. The Morgan fingerprint density at radius 3 is 2.77 bits per heavy atom. The van der Waals surface area contributed by atoms with Crippen molar-refractivity contribution >= 4 is 29.3 Å². The molecular formula is C16H23ClN2O3. The zero-order valence-corrected chi connectivity index (χ0v) is 13.6. The summed E-state index contributed by atoms with van der Waals surface area (Å²) in [6, 6.07) is 6.50. The number of esters is 1. The van der Waals surface area contributed by atoms with Crippen molar-refractivity contribution in [1.82, 2.24) is 5.32 Å². The third-order valence-corrected chi connectivity index (χ3v) is 3.20. The molecule has 0 aliphatic carbocycles. The van der Waals surface area contributed by atoms with Crippen LogP contribution in [0.5, 0.6) is 0 Å². The van der Waals surface area contributed by atoms with Crippen molar-refractivity contribution < 1.29 is 14.3 Å². The first-order valence-electron chi connectivity index (χ1n) is 7.58. The number of carbonyl (C=O) groups is 2. The van der Waals surface area contributed by atoms with Crippen LogP contribution in [0.3, 0.4) is 0 Å². The number of benzene rings is 1. The molecular weight excluding hydrogens is 304 g/mol. The molecule has 0 heterocycles. The second-order valence-electron chi connectivity index (χ2n) is 4.92. The number of nitrogens with one attached hydrogen (secondary N) is 2. The second-order valence-corrected chi connectivity index (χ2v) is 5.36. The maximum Gasteiger partial charge on any atom is 0.319 e. The average Bonchev–Trinajstić information content (AvgIpc) is 2.48. The van der Waals surface area contributed by atoms with Gasteiger partial charge >= 0.3 is 12.0 Å². The number of amides is 2. The highest BCUT2D eigenvalue weighted by Gasteiger charge is 2.04. The van der Waals surface area contributed by atoms with Crippen molar-refractivity contribution in [2.75, 3.05) is 18.5 Å². The summed E-state index contributed by atoms with van der Waals surface area (Å²) in [6.07, 6.45) is 4.62. The Balaban J connectivity index is 2.08. The summed E-state index contributed by atoms with van der Waals surface area (Å²) in [7, 11) is 0. The number of unbranched alkanes of at least 4 members (excludes halogenated alkanes) is 3. The van der Waals surface area contributed by atoms with Crippen molar-refractivity contribution in [3.8, 4) is 0 Å². The monoisotopic (exact) mass is 326 g/mol. The normalized spacial score (nSPS) is 10.1. The van der Waals surface area contributed by atoms with Gasteiger partial charge in [-0.3, -0.25) is 4.79 Å². The van der Waals surface area contributed by atoms with E-state index in [0.717, 1.165) is 25.7 Å². The number of halogens is 1. The predicted octanol–water partition coefficient (Wildman–Crippen LogP) is 3.98. The van der Waals surface area contributed by atoms with E-state index in [4.69, 9.17) is 16.3 Å². The van der Waals surface area contributed by atoms with Crippen LogP contribution >= 0.6 is 11.6 Å². The fourth-order valence-corrected chi connectivity index (χ4v) is 2.03. The van der Waals surface area contributed by atoms with Crippen LogP contribution < -0.4 is 10.6 Å². The summed E-state index contributed by atoms with van der Waals surface area (Å²) in [5.41, 5.74) is 0.609. The number of anilines is 1. The molecule has 1 aromatic carbocycles. The first kappa shape index (κ1) is 18.3. The number of rotatable bonds is 9. The number of carbonyl (C=O) groups excluding carboxylic acids is 2. The molecule has 0 spiro atoms. The molecule has 0 aromatic heterocycles. The lowest BCUT2D eigenvalue weighted by Crippen LogP contribution is -2.32. The molecule has 5 nitrogen and oxygen atoms in total. The van der Waals surface area contributed by atoms with Gasteiger partial charge in [-0.25, -0.2) is 4.79 Å². The van der Waals surface area contributed by atoms with E-state index in [1.54, 1.807) is 24.3 Å². The Bertz CT molecular complexity index is 480. The maximum atomic E-state index is 11.6. The zero-order valence-electron chi connectivity index (χ0n) is 12.9. The largest absolute Gasteiger partial charge is 0.464 e. The first-order chi connectivity index (χ1) is 10.6. The van der Waals surface area contributed by atoms with Gasteiger partial charge in [0.05, 0.1) is 6.54 Å². The van der Waals surface area contributed by atoms with E-state index in [0.29, 0.717) is 17.1 Å². The van der Waals surface area contributed by atoms with Crippen LogP contribution in [0.25, 0.3) is 0 Å². The van der Waals surface area contributed by atoms with Gasteiger partial charge in [0.25, 0.3) is 0 Å². The van der Waals surface area contributed by atoms with E-state index in [1.807, 2.05) is 0 Å². The summed E-state index contributed by atoms with van der Waals surface area (Å²) >= 11 is 5.82. The van der Waals surface area contributed by atoms with Crippen LogP contribution in [0.1, 0.15) is 39.0 Å². The third kappa shape index (κ3) is 8.52. The van der Waals surface area contributed by atoms with Crippen molar-refractivity contribution in [3.05, 3.63) is 29.3 Å². The van der Waals surface area contributed by atoms with Crippen LogP contribution in [0.2, 0.25) is 5.02 Å². The van der Waals surface area contributed by atoms with Gasteiger partial charge in [0.1, 0.15) is 6.61 Å². The number of hydrogen-bond donors (Lipinski definition) is 2. The van der Waals surface area contributed by atoms with Gasteiger partial charge in [-0.05, 0) is 24.6 Å². The van der Waals surface area contributed by atoms with Crippen molar-refractivity contribution in [3.63, 3.8) is 0 Å². The maximum absolute atomic E-state index is 11.6. The highest BCUT2D eigenvalue weighted by Crippen LogP contribution is 2.14. The molecule has 0 saturated heterocycles. The van der Waals surface area contributed by atoms with Crippen LogP contribution in [-0.2, 0) is 9.53 Å². The smallest absolute Gasteiger partial charge is 0.319 e. The quantitative estimate of drug-likeness (QED) is 0.533. The van der Waals surface area contributed by atoms with E-state index < -0.39 is 0 Å². The molecule has 0 atom stereocenters. The Morgan fingerprint density at radius 1 is 1.23 bits per heavy atom. The number of urea groups is 1. The lowest BCUT2D eigenvalue weighted by molar-refractivity contribution is -0.143. The van der Waals surface area contributed by atoms with E-state index in [9.17, 15) is 9.59 Å². The van der Waals surface area contributed by atoms with Gasteiger partial charge in [0.15, 0.2) is 0 Å². The topological polar surface area (TPSA) is 67.4 Å². The summed E-state index contributed by atoms with van der Waals surface area (Å²) in [5.74, 6) is -0.215. The second kappa shape index (κ2) is 10.9. The van der Waals surface area contributed by atoms with Crippen LogP contribution in [-0.4, -0.2) is 25.2 Å². The SMILES string of the molecule is CCCCCCC(=O)OCCNC(=O)Nc1cccc(Cl)c1. The summed E-state index contributed by atoms with van der Waals surface area (Å²) in [5, 5.41) is 5.81. The molecule has 22 heavy (non-hydrogen) atoms. The Kier molecular flexibility index (Phi) is 9.07. The molecule has 0 bridgehead atoms. The molecule has 0 fully saturated rings. The number of ether oxygens (including phenoxy) is 1. The molecule has 0 unspecified atom stereocenters. The molecule has 0 saturated carbocycles. The van der Waals surface area contributed by atoms with Crippen molar-refractivity contribution in [2.24, 2.45) is 0 Å². The molecule has 2 N–H and O–H groups in total. The zero-order chi connectivity index (χ0) is 16.2.